The minimum absolute atomic E-state index is 0.123. The number of aromatic nitrogens is 1. The number of benzene rings is 4. The summed E-state index contributed by atoms with van der Waals surface area (Å²) in [5, 5.41) is 4.54. The molecule has 49 heavy (non-hydrogen) atoms. The Bertz CT molecular complexity index is 2310. The number of nitrogens with one attached hydrogen (secondary N) is 1. The Morgan fingerprint density at radius 1 is 0.939 bits per heavy atom. The van der Waals surface area contributed by atoms with Crippen molar-refractivity contribution < 1.29 is 14.3 Å². The Kier molecular flexibility index (Phi) is 10.2. The number of rotatable bonds is 8. The van der Waals surface area contributed by atoms with Crippen molar-refractivity contribution in [3.8, 4) is 11.5 Å². The summed E-state index contributed by atoms with van der Waals surface area (Å²) in [4.78, 5) is 33.4. The van der Waals surface area contributed by atoms with Crippen molar-refractivity contribution in [1.82, 2.24) is 4.57 Å². The molecule has 0 bridgehead atoms. The number of anilines is 1. The van der Waals surface area contributed by atoms with Crippen molar-refractivity contribution in [1.29, 1.82) is 0 Å². The van der Waals surface area contributed by atoms with Crippen LogP contribution in [0.4, 0.5) is 5.69 Å². The SMILES string of the molecule is COc1ccc([C@@H]2C(C(=O)Nc3ccc(C)cc3C)=C(C)N=c3s/c(=C/c4cc(Cl)c(OCc5ccc(Cl)cc5Cl)c(Cl)c4)c(=O)n32)cc1. The molecule has 0 fully saturated rings. The smallest absolute Gasteiger partial charge is 0.271 e. The summed E-state index contributed by atoms with van der Waals surface area (Å²) < 4.78 is 13.2. The Labute approximate surface area is 306 Å². The standard InChI is InChI=1S/C37H29Cl4N3O4S/c1-19-5-12-30(20(2)13-19)43-35(45)32-21(3)42-37-44(33(32)23-7-10-26(47-4)11-8-23)36(46)31(49-37)16-22-14-28(40)34(29(41)15-22)48-18-24-6-9-25(38)17-27(24)39/h5-17,33H,18H2,1-4H3,(H,43,45)/b31-16+/t33-/m1/s1. The van der Waals surface area contributed by atoms with E-state index in [2.05, 4.69) is 5.32 Å². The van der Waals surface area contributed by atoms with Crippen LogP contribution in [0, 0.1) is 13.8 Å². The van der Waals surface area contributed by atoms with Gasteiger partial charge in [-0.25, -0.2) is 4.99 Å². The average Bonchev–Trinajstić information content (AvgIpc) is 3.35. The van der Waals surface area contributed by atoms with Gasteiger partial charge in [0.05, 0.1) is 39.0 Å². The molecule has 0 radical (unpaired) electrons. The van der Waals surface area contributed by atoms with E-state index in [1.165, 1.54) is 11.3 Å². The molecule has 0 aliphatic carbocycles. The fourth-order valence-electron chi connectivity index (χ4n) is 5.60. The van der Waals surface area contributed by atoms with Crippen LogP contribution in [0.3, 0.4) is 0 Å². The van der Waals surface area contributed by atoms with Crippen LogP contribution in [0.25, 0.3) is 6.08 Å². The summed E-state index contributed by atoms with van der Waals surface area (Å²) in [7, 11) is 1.58. The molecule has 250 valence electrons. The molecule has 1 atom stereocenters. The maximum Gasteiger partial charge on any atom is 0.271 e. The molecule has 7 nitrogen and oxygen atoms in total. The van der Waals surface area contributed by atoms with E-state index in [0.717, 1.165) is 16.7 Å². The first kappa shape index (κ1) is 34.8. The lowest BCUT2D eigenvalue weighted by molar-refractivity contribution is -0.113. The average molecular weight is 754 g/mol. The quantitative estimate of drug-likeness (QED) is 0.172. The van der Waals surface area contributed by atoms with E-state index < -0.39 is 6.04 Å². The number of hydrogen-bond acceptors (Lipinski definition) is 6. The van der Waals surface area contributed by atoms with Gasteiger partial charge in [-0.05, 0) is 86.0 Å². The molecule has 0 saturated heterocycles. The van der Waals surface area contributed by atoms with Crippen LogP contribution >= 0.6 is 57.7 Å². The highest BCUT2D eigenvalue weighted by Crippen LogP contribution is 2.36. The van der Waals surface area contributed by atoms with Crippen molar-refractivity contribution in [3.63, 3.8) is 0 Å². The topological polar surface area (TPSA) is 81.9 Å². The number of fused-ring (bicyclic) bond motifs is 1. The fourth-order valence-corrected chi connectivity index (χ4v) is 7.72. The Morgan fingerprint density at radius 3 is 2.31 bits per heavy atom. The molecule has 1 aliphatic rings. The maximum absolute atomic E-state index is 14.2. The highest BCUT2D eigenvalue weighted by molar-refractivity contribution is 7.07. The van der Waals surface area contributed by atoms with Crippen molar-refractivity contribution in [2.45, 2.75) is 33.4 Å². The van der Waals surface area contributed by atoms with Gasteiger partial charge < -0.3 is 14.8 Å². The van der Waals surface area contributed by atoms with Crippen LogP contribution in [0.15, 0.2) is 93.9 Å². The fraction of sp³-hybridized carbons (Fsp3) is 0.162. The first-order valence-corrected chi connectivity index (χ1v) is 17.4. The number of halogens is 4. The monoisotopic (exact) mass is 751 g/mol. The molecule has 1 amide bonds. The zero-order chi connectivity index (χ0) is 35.0. The molecule has 5 aromatic rings. The summed E-state index contributed by atoms with van der Waals surface area (Å²) in [6.45, 7) is 5.83. The number of amides is 1. The normalized spacial score (nSPS) is 14.4. The first-order chi connectivity index (χ1) is 23.4. The van der Waals surface area contributed by atoms with Gasteiger partial charge >= 0.3 is 0 Å². The van der Waals surface area contributed by atoms with Crippen molar-refractivity contribution in [2.75, 3.05) is 12.4 Å². The molecule has 0 saturated carbocycles. The van der Waals surface area contributed by atoms with Gasteiger partial charge in [0.2, 0.25) is 0 Å². The van der Waals surface area contributed by atoms with Crippen molar-refractivity contribution in [3.05, 3.63) is 152 Å². The summed E-state index contributed by atoms with van der Waals surface area (Å²) in [6, 6.07) is 20.8. The zero-order valence-electron chi connectivity index (χ0n) is 26.7. The minimum atomic E-state index is -0.752. The predicted molar refractivity (Wildman–Crippen MR) is 199 cm³/mol. The number of thiazole rings is 1. The van der Waals surface area contributed by atoms with Crippen molar-refractivity contribution >= 4 is 75.4 Å². The van der Waals surface area contributed by atoms with Crippen molar-refractivity contribution in [2.24, 2.45) is 4.99 Å². The lowest BCUT2D eigenvalue weighted by Crippen LogP contribution is -2.40. The molecule has 1 aromatic heterocycles. The number of nitrogens with zero attached hydrogens (tertiary/aromatic N) is 2. The van der Waals surface area contributed by atoms with Gasteiger partial charge in [-0.2, -0.15) is 0 Å². The molecule has 12 heteroatoms. The van der Waals surface area contributed by atoms with E-state index in [1.54, 1.807) is 67.1 Å². The highest BCUT2D eigenvalue weighted by Gasteiger charge is 2.33. The third-order valence-electron chi connectivity index (χ3n) is 8.03. The largest absolute Gasteiger partial charge is 0.497 e. The second kappa shape index (κ2) is 14.4. The molecule has 1 aliphatic heterocycles. The number of allylic oxidation sites excluding steroid dienone is 1. The Hall–Kier alpha value is -4.05. The zero-order valence-corrected chi connectivity index (χ0v) is 30.6. The van der Waals surface area contributed by atoms with E-state index in [4.69, 9.17) is 60.9 Å². The van der Waals surface area contributed by atoms with E-state index in [-0.39, 0.29) is 33.9 Å². The Morgan fingerprint density at radius 2 is 1.65 bits per heavy atom. The van der Waals surface area contributed by atoms with Gasteiger partial charge in [-0.15, -0.1) is 0 Å². The van der Waals surface area contributed by atoms with Crippen LogP contribution < -0.4 is 29.7 Å². The third kappa shape index (κ3) is 7.30. The number of methoxy groups -OCH3 is 1. The Balaban J connectivity index is 1.39. The number of carbonyl (C=O) groups is 1. The number of aryl methyl sites for hydroxylation is 2. The van der Waals surface area contributed by atoms with Gasteiger partial charge in [0, 0.05) is 21.3 Å². The molecule has 6 rings (SSSR count). The highest BCUT2D eigenvalue weighted by atomic mass is 35.5. The minimum Gasteiger partial charge on any atom is -0.497 e. The molecule has 0 unspecified atom stereocenters. The number of hydrogen-bond donors (Lipinski definition) is 1. The van der Waals surface area contributed by atoms with Crippen LogP contribution in [0.1, 0.15) is 40.8 Å². The predicted octanol–water partition coefficient (Wildman–Crippen LogP) is 8.69. The maximum atomic E-state index is 14.2. The lowest BCUT2D eigenvalue weighted by Gasteiger charge is -2.25. The summed E-state index contributed by atoms with van der Waals surface area (Å²) in [6.07, 6.45) is 1.70. The second-order valence-electron chi connectivity index (χ2n) is 11.5. The molecular weight excluding hydrogens is 724 g/mol. The van der Waals surface area contributed by atoms with E-state index in [9.17, 15) is 9.59 Å². The van der Waals surface area contributed by atoms with Gasteiger partial charge in [0.25, 0.3) is 11.5 Å². The summed E-state index contributed by atoms with van der Waals surface area (Å²) in [5.74, 6) is 0.579. The van der Waals surface area contributed by atoms with Crippen LogP contribution in [0.2, 0.25) is 20.1 Å². The summed E-state index contributed by atoms with van der Waals surface area (Å²) >= 11 is 26.7. The summed E-state index contributed by atoms with van der Waals surface area (Å²) in [5.41, 5.74) is 5.25. The van der Waals surface area contributed by atoms with E-state index in [1.807, 2.05) is 44.2 Å². The third-order valence-corrected chi connectivity index (χ3v) is 10.2. The number of carbonyl (C=O) groups excluding carboxylic acids is 1. The van der Waals surface area contributed by atoms with Crippen LogP contribution in [-0.2, 0) is 11.4 Å². The van der Waals surface area contributed by atoms with E-state index in [0.29, 0.717) is 53.2 Å². The molecule has 0 spiro atoms. The van der Waals surface area contributed by atoms with Gasteiger partial charge in [-0.1, -0.05) is 93.6 Å². The molecule has 1 N–H and O–H groups in total. The van der Waals surface area contributed by atoms with Gasteiger partial charge in [-0.3, -0.25) is 14.2 Å². The van der Waals surface area contributed by atoms with Gasteiger partial charge in [0.1, 0.15) is 12.4 Å². The molecular formula is C37H29Cl4N3O4S. The first-order valence-electron chi connectivity index (χ1n) is 15.0. The second-order valence-corrected chi connectivity index (χ2v) is 14.1. The van der Waals surface area contributed by atoms with Crippen LogP contribution in [-0.4, -0.2) is 17.6 Å². The lowest BCUT2D eigenvalue weighted by atomic mass is 9.95. The molecule has 2 heterocycles. The van der Waals surface area contributed by atoms with Crippen LogP contribution in [0.5, 0.6) is 11.5 Å². The van der Waals surface area contributed by atoms with E-state index >= 15 is 0 Å². The number of ether oxygens (including phenoxy) is 2. The van der Waals surface area contributed by atoms with Gasteiger partial charge in [0.15, 0.2) is 10.6 Å². The molecule has 4 aromatic carbocycles.